The number of fused-ring (bicyclic) bond motifs is 1. The smallest absolute Gasteiger partial charge is 0.259 e. The number of phenols is 1. The molecule has 1 amide bonds. The first-order valence-electron chi connectivity index (χ1n) is 19.4. The number of hydrogen-bond acceptors (Lipinski definition) is 6. The average Bonchev–Trinajstić information content (AvgIpc) is 3.26. The van der Waals surface area contributed by atoms with Gasteiger partial charge in [-0.15, -0.1) is 5.11 Å². The van der Waals surface area contributed by atoms with Crippen molar-refractivity contribution in [3.05, 3.63) is 210 Å². The standard InChI is InChI=1S/C51H43N5O2/c1-35-18-28-42(29-19-35)54-55-49-47-39(27-20-36(2)48(47)52-40-12-6-3-7-13-40)34-46(50(49)57)51(58)53-41-30-23-37(24-31-41)21-22-38-25-32-45(33-26-38)56(43-14-8-4-9-15-43)44-16-10-5-11-17-44/h3-20,23-34,52,57H,21-22H2,1-2H3,(H,53,58). The number of azo groups is 1. The van der Waals surface area contributed by atoms with E-state index in [4.69, 9.17) is 0 Å². The van der Waals surface area contributed by atoms with Crippen LogP contribution in [0.2, 0.25) is 0 Å². The van der Waals surface area contributed by atoms with Crippen LogP contribution in [0, 0.1) is 13.8 Å². The number of carbonyl (C=O) groups is 1. The van der Waals surface area contributed by atoms with Gasteiger partial charge in [0.05, 0.1) is 16.9 Å². The van der Waals surface area contributed by atoms with Crippen LogP contribution < -0.4 is 15.5 Å². The molecule has 7 nitrogen and oxygen atoms in total. The Balaban J connectivity index is 1.00. The maximum Gasteiger partial charge on any atom is 0.259 e. The topological polar surface area (TPSA) is 89.3 Å². The molecule has 0 saturated heterocycles. The maximum atomic E-state index is 13.9. The number of aryl methyl sites for hydroxylation is 4. The van der Waals surface area contributed by atoms with Crippen LogP contribution in [0.25, 0.3) is 10.8 Å². The van der Waals surface area contributed by atoms with Crippen LogP contribution in [-0.2, 0) is 12.8 Å². The van der Waals surface area contributed by atoms with E-state index in [0.29, 0.717) is 16.8 Å². The fourth-order valence-electron chi connectivity index (χ4n) is 7.04. The molecule has 0 radical (unpaired) electrons. The molecule has 0 aliphatic heterocycles. The lowest BCUT2D eigenvalue weighted by Gasteiger charge is -2.25. The van der Waals surface area contributed by atoms with Gasteiger partial charge < -0.3 is 20.6 Å². The molecule has 58 heavy (non-hydrogen) atoms. The van der Waals surface area contributed by atoms with Gasteiger partial charge in [-0.1, -0.05) is 109 Å². The molecule has 0 saturated carbocycles. The highest BCUT2D eigenvalue weighted by atomic mass is 16.3. The molecule has 0 heterocycles. The Kier molecular flexibility index (Phi) is 11.0. The number of hydrogen-bond donors (Lipinski definition) is 3. The Morgan fingerprint density at radius 2 is 1.14 bits per heavy atom. The Labute approximate surface area is 339 Å². The summed E-state index contributed by atoms with van der Waals surface area (Å²) in [7, 11) is 0. The first kappa shape index (κ1) is 37.4. The highest BCUT2D eigenvalue weighted by Crippen LogP contribution is 2.45. The number of carbonyl (C=O) groups excluding carboxylic acids is 1. The van der Waals surface area contributed by atoms with Crippen molar-refractivity contribution in [2.24, 2.45) is 10.2 Å². The molecular formula is C51H43N5O2. The van der Waals surface area contributed by atoms with Crippen LogP contribution in [0.15, 0.2) is 192 Å². The lowest BCUT2D eigenvalue weighted by atomic mass is 9.98. The molecule has 284 valence electrons. The number of rotatable bonds is 12. The first-order valence-corrected chi connectivity index (χ1v) is 19.4. The van der Waals surface area contributed by atoms with E-state index < -0.39 is 5.91 Å². The van der Waals surface area contributed by atoms with E-state index in [-0.39, 0.29) is 17.0 Å². The van der Waals surface area contributed by atoms with Gasteiger partial charge >= 0.3 is 0 Å². The van der Waals surface area contributed by atoms with Gasteiger partial charge in [-0.25, -0.2) is 0 Å². The highest BCUT2D eigenvalue weighted by Gasteiger charge is 2.22. The number of nitrogens with one attached hydrogen (secondary N) is 2. The van der Waals surface area contributed by atoms with Crippen molar-refractivity contribution in [1.82, 2.24) is 0 Å². The number of benzene rings is 8. The van der Waals surface area contributed by atoms with Gasteiger partial charge in [0, 0.05) is 33.8 Å². The van der Waals surface area contributed by atoms with Crippen molar-refractivity contribution in [2.75, 3.05) is 15.5 Å². The quantitative estimate of drug-likeness (QED) is 0.108. The Morgan fingerprint density at radius 3 is 1.74 bits per heavy atom. The predicted molar refractivity (Wildman–Crippen MR) is 238 cm³/mol. The number of phenolic OH excluding ortho intramolecular Hbond substituents is 1. The Hall–Kier alpha value is -7.51. The van der Waals surface area contributed by atoms with Crippen molar-refractivity contribution >= 4 is 62.2 Å². The number of para-hydroxylation sites is 3. The zero-order chi connectivity index (χ0) is 39.8. The van der Waals surface area contributed by atoms with Crippen molar-refractivity contribution in [3.63, 3.8) is 0 Å². The third-order valence-electron chi connectivity index (χ3n) is 10.2. The van der Waals surface area contributed by atoms with E-state index in [2.05, 4.69) is 98.6 Å². The third kappa shape index (κ3) is 8.49. The molecule has 8 aromatic carbocycles. The molecular weight excluding hydrogens is 715 g/mol. The summed E-state index contributed by atoms with van der Waals surface area (Å²) in [6.07, 6.45) is 1.71. The maximum absolute atomic E-state index is 13.9. The van der Waals surface area contributed by atoms with Gasteiger partial charge in [-0.3, -0.25) is 4.79 Å². The Morgan fingerprint density at radius 1 is 0.586 bits per heavy atom. The number of nitrogens with zero attached hydrogens (tertiary/aromatic N) is 3. The second-order valence-electron chi connectivity index (χ2n) is 14.3. The van der Waals surface area contributed by atoms with Crippen molar-refractivity contribution in [1.29, 1.82) is 0 Å². The van der Waals surface area contributed by atoms with Crippen LogP contribution in [0.5, 0.6) is 5.75 Å². The Bertz CT molecular complexity index is 2640. The largest absolute Gasteiger partial charge is 0.505 e. The molecule has 8 aromatic rings. The summed E-state index contributed by atoms with van der Waals surface area (Å²) in [6.45, 7) is 4.00. The summed E-state index contributed by atoms with van der Waals surface area (Å²) >= 11 is 0. The third-order valence-corrected chi connectivity index (χ3v) is 10.2. The molecule has 8 rings (SSSR count). The SMILES string of the molecule is Cc1ccc(N=Nc2c(O)c(C(=O)Nc3ccc(CCc4ccc(N(c5ccccc5)c5ccccc5)cc4)cc3)cc3ccc(C)c(Nc4ccccc4)c23)cc1. The van der Waals surface area contributed by atoms with Gasteiger partial charge in [-0.05, 0) is 128 Å². The average molecular weight is 758 g/mol. The molecule has 0 unspecified atom stereocenters. The second-order valence-corrected chi connectivity index (χ2v) is 14.3. The molecule has 0 aromatic heterocycles. The van der Waals surface area contributed by atoms with E-state index >= 15 is 0 Å². The molecule has 0 atom stereocenters. The number of amides is 1. The van der Waals surface area contributed by atoms with E-state index in [1.807, 2.05) is 117 Å². The van der Waals surface area contributed by atoms with Crippen molar-refractivity contribution in [2.45, 2.75) is 26.7 Å². The van der Waals surface area contributed by atoms with Gasteiger partial charge in [0.2, 0.25) is 0 Å². The van der Waals surface area contributed by atoms with Crippen LogP contribution in [0.3, 0.4) is 0 Å². The summed E-state index contributed by atoms with van der Waals surface area (Å²) in [5.74, 6) is -0.696. The monoisotopic (exact) mass is 757 g/mol. The van der Waals surface area contributed by atoms with Crippen LogP contribution in [0.4, 0.5) is 45.5 Å². The van der Waals surface area contributed by atoms with E-state index in [1.54, 1.807) is 6.07 Å². The minimum absolute atomic E-state index is 0.102. The molecule has 7 heteroatoms. The summed E-state index contributed by atoms with van der Waals surface area (Å²) in [5, 5.41) is 28.7. The highest BCUT2D eigenvalue weighted by molar-refractivity contribution is 6.14. The molecule has 0 spiro atoms. The van der Waals surface area contributed by atoms with Crippen LogP contribution in [-0.4, -0.2) is 11.0 Å². The molecule has 0 aliphatic carbocycles. The lowest BCUT2D eigenvalue weighted by Crippen LogP contribution is -2.12. The van der Waals surface area contributed by atoms with E-state index in [9.17, 15) is 9.90 Å². The van der Waals surface area contributed by atoms with Crippen LogP contribution in [0.1, 0.15) is 32.6 Å². The molecule has 0 fully saturated rings. The van der Waals surface area contributed by atoms with E-state index in [1.165, 1.54) is 5.56 Å². The van der Waals surface area contributed by atoms with Gasteiger partial charge in [0.15, 0.2) is 5.75 Å². The molecule has 3 N–H and O–H groups in total. The fraction of sp³-hybridized carbons (Fsp3) is 0.0784. The lowest BCUT2D eigenvalue weighted by molar-refractivity contribution is 0.102. The minimum Gasteiger partial charge on any atom is -0.505 e. The van der Waals surface area contributed by atoms with Crippen molar-refractivity contribution in [3.8, 4) is 5.75 Å². The van der Waals surface area contributed by atoms with Gasteiger partial charge in [0.25, 0.3) is 5.91 Å². The normalized spacial score (nSPS) is 11.1. The van der Waals surface area contributed by atoms with Gasteiger partial charge in [0.1, 0.15) is 5.69 Å². The minimum atomic E-state index is -0.447. The molecule has 0 bridgehead atoms. The van der Waals surface area contributed by atoms with Gasteiger partial charge in [-0.2, -0.15) is 5.11 Å². The van der Waals surface area contributed by atoms with Crippen molar-refractivity contribution < 1.29 is 9.90 Å². The summed E-state index contributed by atoms with van der Waals surface area (Å²) in [4.78, 5) is 16.1. The van der Waals surface area contributed by atoms with Crippen LogP contribution >= 0.6 is 0 Å². The first-order chi connectivity index (χ1) is 28.4. The number of aromatic hydroxyl groups is 1. The predicted octanol–water partition coefficient (Wildman–Crippen LogP) is 13.8. The summed E-state index contributed by atoms with van der Waals surface area (Å²) < 4.78 is 0. The second kappa shape index (κ2) is 17.1. The number of anilines is 6. The fourth-order valence-corrected chi connectivity index (χ4v) is 7.04. The summed E-state index contributed by atoms with van der Waals surface area (Å²) in [5.41, 5.74) is 11.0. The van der Waals surface area contributed by atoms with E-state index in [0.717, 1.165) is 63.4 Å². The summed E-state index contributed by atoms with van der Waals surface area (Å²) in [6, 6.07) is 60.5. The molecule has 0 aliphatic rings. The zero-order valence-electron chi connectivity index (χ0n) is 32.4. The zero-order valence-corrected chi connectivity index (χ0v) is 32.4.